The third-order valence-corrected chi connectivity index (χ3v) is 4.35. The Kier molecular flexibility index (Phi) is 3.81. The van der Waals surface area contributed by atoms with Gasteiger partial charge in [-0.25, -0.2) is 8.42 Å². The van der Waals surface area contributed by atoms with Gasteiger partial charge in [0.25, 0.3) is 0 Å². The summed E-state index contributed by atoms with van der Waals surface area (Å²) in [6.07, 6.45) is 0.339. The first-order chi connectivity index (χ1) is 6.41. The molecule has 1 unspecified atom stereocenters. The van der Waals surface area contributed by atoms with Crippen molar-refractivity contribution in [2.45, 2.75) is 18.6 Å². The van der Waals surface area contributed by atoms with Crippen LogP contribution >= 0.6 is 22.3 Å². The lowest BCUT2D eigenvalue weighted by Gasteiger charge is -2.08. The normalized spacial score (nSPS) is 13.9. The molecule has 5 heteroatoms. The van der Waals surface area contributed by atoms with Gasteiger partial charge in [-0.15, -0.1) is 0 Å². The molecule has 0 aliphatic heterocycles. The molecule has 0 aromatic heterocycles. The lowest BCUT2D eigenvalue weighted by atomic mass is 10.1. The highest BCUT2D eigenvalue weighted by Gasteiger charge is 2.18. The van der Waals surface area contributed by atoms with Crippen molar-refractivity contribution in [1.29, 1.82) is 0 Å². The molecule has 0 N–H and O–H groups in total. The van der Waals surface area contributed by atoms with Crippen molar-refractivity contribution in [2.24, 2.45) is 0 Å². The third kappa shape index (κ3) is 3.15. The fourth-order valence-corrected chi connectivity index (χ4v) is 1.85. The molecular formula is C9H10Cl2O2S. The molecule has 0 aliphatic carbocycles. The topological polar surface area (TPSA) is 34.1 Å². The Morgan fingerprint density at radius 3 is 2.43 bits per heavy atom. The highest BCUT2D eigenvalue weighted by molar-refractivity contribution is 8.14. The fourth-order valence-electron chi connectivity index (χ4n) is 1.07. The standard InChI is InChI=1S/C9H10Cl2O2S/c1-7(14(11,12)13)6-8-4-2-3-5-9(8)10/h2-5,7H,6H2,1H3. The third-order valence-electron chi connectivity index (χ3n) is 1.95. The van der Waals surface area contributed by atoms with Crippen LogP contribution in [0.5, 0.6) is 0 Å². The van der Waals surface area contributed by atoms with E-state index in [1.807, 2.05) is 6.07 Å². The van der Waals surface area contributed by atoms with Gasteiger partial charge in [-0.2, -0.15) is 0 Å². The van der Waals surface area contributed by atoms with Gasteiger partial charge in [0, 0.05) is 15.7 Å². The molecule has 0 saturated heterocycles. The molecule has 0 amide bonds. The second-order valence-corrected chi connectivity index (χ2v) is 6.54. The molecule has 0 radical (unpaired) electrons. The SMILES string of the molecule is CC(Cc1ccccc1Cl)S(=O)(=O)Cl. The lowest BCUT2D eigenvalue weighted by molar-refractivity contribution is 0.597. The van der Waals surface area contributed by atoms with E-state index in [1.165, 1.54) is 0 Å². The van der Waals surface area contributed by atoms with E-state index in [2.05, 4.69) is 0 Å². The van der Waals surface area contributed by atoms with E-state index in [0.717, 1.165) is 5.56 Å². The zero-order chi connectivity index (χ0) is 10.8. The first kappa shape index (κ1) is 11.8. The molecule has 1 rings (SSSR count). The Morgan fingerprint density at radius 1 is 1.36 bits per heavy atom. The maximum Gasteiger partial charge on any atom is 0.235 e. The molecule has 1 aromatic rings. The average Bonchev–Trinajstić information content (AvgIpc) is 2.07. The zero-order valence-corrected chi connectivity index (χ0v) is 9.90. The van der Waals surface area contributed by atoms with E-state index in [0.29, 0.717) is 11.4 Å². The van der Waals surface area contributed by atoms with Gasteiger partial charge in [0.15, 0.2) is 0 Å². The van der Waals surface area contributed by atoms with E-state index < -0.39 is 14.3 Å². The number of halogens is 2. The van der Waals surface area contributed by atoms with Crippen LogP contribution < -0.4 is 0 Å². The van der Waals surface area contributed by atoms with Gasteiger partial charge in [-0.05, 0) is 25.0 Å². The minimum absolute atomic E-state index is 0.339. The molecule has 78 valence electrons. The van der Waals surface area contributed by atoms with Gasteiger partial charge < -0.3 is 0 Å². The molecule has 14 heavy (non-hydrogen) atoms. The van der Waals surface area contributed by atoms with Crippen LogP contribution in [0.4, 0.5) is 0 Å². The van der Waals surface area contributed by atoms with Crippen LogP contribution in [0.1, 0.15) is 12.5 Å². The number of hydrogen-bond acceptors (Lipinski definition) is 2. The summed E-state index contributed by atoms with van der Waals surface area (Å²) in [4.78, 5) is 0. The van der Waals surface area contributed by atoms with E-state index in [1.54, 1.807) is 25.1 Å². The minimum atomic E-state index is -3.50. The van der Waals surface area contributed by atoms with Crippen molar-refractivity contribution < 1.29 is 8.42 Å². The summed E-state index contributed by atoms with van der Waals surface area (Å²) >= 11 is 5.88. The second-order valence-electron chi connectivity index (χ2n) is 3.08. The van der Waals surface area contributed by atoms with Crippen molar-refractivity contribution in [2.75, 3.05) is 0 Å². The van der Waals surface area contributed by atoms with Crippen molar-refractivity contribution >= 4 is 31.3 Å². The fraction of sp³-hybridized carbons (Fsp3) is 0.333. The quantitative estimate of drug-likeness (QED) is 0.776. The van der Waals surface area contributed by atoms with Crippen LogP contribution in [0.2, 0.25) is 5.02 Å². The van der Waals surface area contributed by atoms with Gasteiger partial charge in [0.05, 0.1) is 5.25 Å². The maximum atomic E-state index is 11.0. The summed E-state index contributed by atoms with van der Waals surface area (Å²) in [5.41, 5.74) is 0.797. The highest BCUT2D eigenvalue weighted by Crippen LogP contribution is 2.20. The molecule has 2 nitrogen and oxygen atoms in total. The van der Waals surface area contributed by atoms with E-state index >= 15 is 0 Å². The Hall–Kier alpha value is -0.250. The molecule has 1 atom stereocenters. The molecule has 0 fully saturated rings. The van der Waals surface area contributed by atoms with Crippen molar-refractivity contribution in [1.82, 2.24) is 0 Å². The van der Waals surface area contributed by atoms with Crippen molar-refractivity contribution in [3.05, 3.63) is 34.9 Å². The summed E-state index contributed by atoms with van der Waals surface area (Å²) in [6.45, 7) is 1.56. The maximum absolute atomic E-state index is 11.0. The van der Waals surface area contributed by atoms with Gasteiger partial charge in [-0.3, -0.25) is 0 Å². The number of rotatable bonds is 3. The second kappa shape index (κ2) is 4.51. The van der Waals surface area contributed by atoms with Crippen molar-refractivity contribution in [3.63, 3.8) is 0 Å². The molecule has 1 aromatic carbocycles. The predicted octanol–water partition coefficient (Wildman–Crippen LogP) is 2.84. The Labute approximate surface area is 93.3 Å². The van der Waals surface area contributed by atoms with E-state index in [9.17, 15) is 8.42 Å². The lowest BCUT2D eigenvalue weighted by Crippen LogP contribution is -2.14. The first-order valence-electron chi connectivity index (χ1n) is 4.08. The summed E-state index contributed by atoms with van der Waals surface area (Å²) in [5, 5.41) is -0.0521. The van der Waals surface area contributed by atoms with Crippen LogP contribution in [-0.2, 0) is 15.5 Å². The van der Waals surface area contributed by atoms with Crippen LogP contribution in [0.15, 0.2) is 24.3 Å². The monoisotopic (exact) mass is 252 g/mol. The number of benzene rings is 1. The number of hydrogen-bond donors (Lipinski definition) is 0. The summed E-state index contributed by atoms with van der Waals surface area (Å²) < 4.78 is 21.9. The molecule has 0 spiro atoms. The first-order valence-corrected chi connectivity index (χ1v) is 6.83. The highest BCUT2D eigenvalue weighted by atomic mass is 35.7. The van der Waals surface area contributed by atoms with Gasteiger partial charge in [0.2, 0.25) is 9.05 Å². The van der Waals surface area contributed by atoms with Gasteiger partial charge in [0.1, 0.15) is 0 Å². The molecule has 0 saturated carbocycles. The zero-order valence-electron chi connectivity index (χ0n) is 7.57. The van der Waals surface area contributed by atoms with Crippen LogP contribution in [0.3, 0.4) is 0 Å². The molecule has 0 aliphatic rings. The smallest absolute Gasteiger partial charge is 0.212 e. The van der Waals surface area contributed by atoms with Gasteiger partial charge >= 0.3 is 0 Å². The predicted molar refractivity (Wildman–Crippen MR) is 59.4 cm³/mol. The van der Waals surface area contributed by atoms with Crippen LogP contribution in [0, 0.1) is 0 Å². The van der Waals surface area contributed by atoms with Crippen LogP contribution in [0.25, 0.3) is 0 Å². The average molecular weight is 253 g/mol. The molecular weight excluding hydrogens is 243 g/mol. The Bertz CT molecular complexity index is 415. The van der Waals surface area contributed by atoms with Crippen molar-refractivity contribution in [3.8, 4) is 0 Å². The Morgan fingerprint density at radius 2 is 1.93 bits per heavy atom. The van der Waals surface area contributed by atoms with E-state index in [-0.39, 0.29) is 0 Å². The van der Waals surface area contributed by atoms with E-state index in [4.69, 9.17) is 22.3 Å². The largest absolute Gasteiger partial charge is 0.235 e. The molecule has 0 bridgehead atoms. The Balaban J connectivity index is 2.85. The van der Waals surface area contributed by atoms with Crippen LogP contribution in [-0.4, -0.2) is 13.7 Å². The summed E-state index contributed by atoms with van der Waals surface area (Å²) in [6, 6.07) is 7.13. The molecule has 0 heterocycles. The summed E-state index contributed by atoms with van der Waals surface area (Å²) in [5.74, 6) is 0. The summed E-state index contributed by atoms with van der Waals surface area (Å²) in [7, 11) is 1.71. The van der Waals surface area contributed by atoms with Gasteiger partial charge in [-0.1, -0.05) is 29.8 Å². The minimum Gasteiger partial charge on any atom is -0.212 e.